The van der Waals surface area contributed by atoms with Crippen molar-refractivity contribution >= 4 is 52.5 Å². The second kappa shape index (κ2) is 12.6. The van der Waals surface area contributed by atoms with E-state index in [9.17, 15) is 19.5 Å². The highest BCUT2D eigenvalue weighted by molar-refractivity contribution is 6.36. The van der Waals surface area contributed by atoms with Gasteiger partial charge in [-0.25, -0.2) is 0 Å². The number of nitrogens with one attached hydrogen (secondary N) is 1. The molecule has 4 fully saturated rings. The molecule has 0 radical (unpaired) electrons. The van der Waals surface area contributed by atoms with E-state index in [2.05, 4.69) is 5.43 Å². The van der Waals surface area contributed by atoms with Crippen molar-refractivity contribution in [2.24, 2.45) is 23.7 Å². The summed E-state index contributed by atoms with van der Waals surface area (Å²) in [5.41, 5.74) is 3.14. The van der Waals surface area contributed by atoms with Crippen molar-refractivity contribution in [1.29, 1.82) is 0 Å². The first-order valence-electron chi connectivity index (χ1n) is 17.2. The number of furan rings is 1. The van der Waals surface area contributed by atoms with Crippen LogP contribution in [0, 0.1) is 23.7 Å². The quantitative estimate of drug-likeness (QED) is 0.212. The van der Waals surface area contributed by atoms with Crippen LogP contribution in [0.3, 0.4) is 0 Å². The normalized spacial score (nSPS) is 29.5. The predicted octanol–water partition coefficient (Wildman–Crippen LogP) is 6.40. The van der Waals surface area contributed by atoms with Crippen molar-refractivity contribution in [1.82, 2.24) is 9.91 Å². The average molecular weight is 719 g/mol. The van der Waals surface area contributed by atoms with E-state index in [4.69, 9.17) is 32.4 Å². The van der Waals surface area contributed by atoms with Crippen LogP contribution < -0.4 is 10.2 Å². The molecule has 2 aliphatic heterocycles. The van der Waals surface area contributed by atoms with Gasteiger partial charge in [0.2, 0.25) is 11.8 Å². The number of amides is 4. The first-order chi connectivity index (χ1) is 24.2. The molecular formula is C38H37Cl2N3O7. The minimum Gasteiger partial charge on any atom is -0.497 e. The van der Waals surface area contributed by atoms with Crippen LogP contribution in [-0.4, -0.2) is 51.8 Å². The van der Waals surface area contributed by atoms with Crippen LogP contribution in [0.5, 0.6) is 5.75 Å². The lowest BCUT2D eigenvalue weighted by molar-refractivity contribution is -0.144. The molecule has 2 N–H and O–H groups in total. The van der Waals surface area contributed by atoms with E-state index in [1.54, 1.807) is 55.6 Å². The van der Waals surface area contributed by atoms with Gasteiger partial charge in [-0.05, 0) is 79.6 Å². The zero-order chi connectivity index (χ0) is 34.9. The van der Waals surface area contributed by atoms with Gasteiger partial charge in [0.25, 0.3) is 11.8 Å². The van der Waals surface area contributed by atoms with Gasteiger partial charge in [0.15, 0.2) is 0 Å². The molecule has 4 amide bonds. The lowest BCUT2D eigenvalue weighted by Gasteiger charge is -2.49. The molecule has 0 bridgehead atoms. The molecule has 8 rings (SSSR count). The number of fused-ring (bicyclic) bond motifs is 4. The Bertz CT molecular complexity index is 1920. The van der Waals surface area contributed by atoms with Crippen LogP contribution in [-0.2, 0) is 31.2 Å². The number of aliphatic hydroxyl groups is 1. The first-order valence-corrected chi connectivity index (χ1v) is 18.0. The number of carbonyl (C=O) groups excluding carboxylic acids is 4. The van der Waals surface area contributed by atoms with Crippen molar-refractivity contribution < 1.29 is 33.4 Å². The summed E-state index contributed by atoms with van der Waals surface area (Å²) in [7, 11) is 1.55. The average Bonchev–Trinajstić information content (AvgIpc) is 3.77. The zero-order valence-electron chi connectivity index (χ0n) is 27.4. The minimum atomic E-state index is -1.52. The number of hydrogen-bond donors (Lipinski definition) is 2. The molecule has 2 saturated carbocycles. The molecule has 260 valence electrons. The first kappa shape index (κ1) is 33.0. The maximum Gasteiger partial charge on any atom is 0.260 e. The predicted molar refractivity (Wildman–Crippen MR) is 184 cm³/mol. The highest BCUT2D eigenvalue weighted by atomic mass is 35.5. The molecule has 50 heavy (non-hydrogen) atoms. The number of methoxy groups -OCH3 is 1. The smallest absolute Gasteiger partial charge is 0.260 e. The molecule has 3 aromatic rings. The van der Waals surface area contributed by atoms with E-state index in [-0.39, 0.29) is 35.9 Å². The summed E-state index contributed by atoms with van der Waals surface area (Å²) in [4.78, 5) is 60.0. The third kappa shape index (κ3) is 4.86. The molecule has 5 aliphatic rings. The summed E-state index contributed by atoms with van der Waals surface area (Å²) in [5.74, 6) is -3.57. The summed E-state index contributed by atoms with van der Waals surface area (Å²) < 4.78 is 11.7. The molecule has 3 heterocycles. The second-order valence-electron chi connectivity index (χ2n) is 14.0. The Morgan fingerprint density at radius 1 is 0.940 bits per heavy atom. The number of likely N-dealkylation sites (tertiary alicyclic amines) is 1. The number of ether oxygens (including phenoxy) is 1. The van der Waals surface area contributed by atoms with Crippen LogP contribution >= 0.6 is 23.2 Å². The minimum absolute atomic E-state index is 0.119. The zero-order valence-corrected chi connectivity index (χ0v) is 29.0. The molecule has 12 heteroatoms. The molecule has 6 atom stereocenters. The molecule has 2 saturated heterocycles. The van der Waals surface area contributed by atoms with E-state index in [0.29, 0.717) is 40.0 Å². The van der Waals surface area contributed by atoms with E-state index < -0.39 is 46.8 Å². The number of rotatable bonds is 7. The highest BCUT2D eigenvalue weighted by Gasteiger charge is 2.71. The number of hydrazine groups is 1. The van der Waals surface area contributed by atoms with Gasteiger partial charge in [-0.1, -0.05) is 66.2 Å². The Morgan fingerprint density at radius 3 is 2.38 bits per heavy atom. The number of hydrogen-bond acceptors (Lipinski definition) is 8. The summed E-state index contributed by atoms with van der Waals surface area (Å²) in [6.45, 7) is -0.363. The fourth-order valence-corrected chi connectivity index (χ4v) is 9.96. The van der Waals surface area contributed by atoms with E-state index >= 15 is 4.79 Å². The summed E-state index contributed by atoms with van der Waals surface area (Å²) >= 11 is 12.7. The number of allylic oxidation sites excluding steroid dienone is 2. The molecule has 3 aliphatic carbocycles. The molecule has 0 spiro atoms. The number of carbonyl (C=O) groups is 4. The van der Waals surface area contributed by atoms with Crippen LogP contribution in [0.25, 0.3) is 0 Å². The number of benzene rings is 2. The SMILES string of the molecule is COc1ccc([C@@]23C(=O)N(Nc4ccc(Cl)cc4Cl)C(=O)[C@@H]2C[C@@H]2C(=CC[C@@H]4C(=O)N(C5CCCCC5)C(=O)[C@@H]42)[C@@H]3c2ccc(CO)o2)cc1. The van der Waals surface area contributed by atoms with E-state index in [0.717, 1.165) is 42.7 Å². The van der Waals surface area contributed by atoms with Crippen molar-refractivity contribution in [3.8, 4) is 5.75 Å². The second-order valence-corrected chi connectivity index (χ2v) is 14.9. The van der Waals surface area contributed by atoms with Crippen molar-refractivity contribution in [2.75, 3.05) is 12.5 Å². The summed E-state index contributed by atoms with van der Waals surface area (Å²) in [6, 6.07) is 15.1. The van der Waals surface area contributed by atoms with Gasteiger partial charge in [-0.15, -0.1) is 0 Å². The van der Waals surface area contributed by atoms with Crippen molar-refractivity contribution in [2.45, 2.75) is 68.9 Å². The van der Waals surface area contributed by atoms with Crippen LogP contribution in [0.2, 0.25) is 10.0 Å². The van der Waals surface area contributed by atoms with Crippen LogP contribution in [0.15, 0.2) is 70.7 Å². The fraction of sp³-hybridized carbons (Fsp3) is 0.421. The Labute approximate surface area is 299 Å². The Kier molecular flexibility index (Phi) is 8.32. The van der Waals surface area contributed by atoms with Gasteiger partial charge >= 0.3 is 0 Å². The summed E-state index contributed by atoms with van der Waals surface area (Å²) in [5, 5.41) is 11.7. The Morgan fingerprint density at radius 2 is 1.70 bits per heavy atom. The van der Waals surface area contributed by atoms with Gasteiger partial charge in [-0.2, -0.15) is 5.01 Å². The van der Waals surface area contributed by atoms with Crippen LogP contribution in [0.4, 0.5) is 5.69 Å². The third-order valence-corrected chi connectivity index (χ3v) is 12.2. The third-order valence-electron chi connectivity index (χ3n) is 11.7. The largest absolute Gasteiger partial charge is 0.497 e. The molecular weight excluding hydrogens is 681 g/mol. The Balaban J connectivity index is 1.30. The summed E-state index contributed by atoms with van der Waals surface area (Å²) in [6.07, 6.45) is 7.13. The van der Waals surface area contributed by atoms with Crippen molar-refractivity contribution in [3.05, 3.63) is 93.4 Å². The number of aliphatic hydroxyl groups excluding tert-OH is 1. The fourth-order valence-electron chi connectivity index (χ4n) is 9.51. The molecule has 10 nitrogen and oxygen atoms in total. The van der Waals surface area contributed by atoms with Gasteiger partial charge in [0.05, 0.1) is 41.5 Å². The molecule has 2 aromatic carbocycles. The topological polar surface area (TPSA) is 129 Å². The van der Waals surface area contributed by atoms with Gasteiger partial charge in [0, 0.05) is 11.1 Å². The monoisotopic (exact) mass is 717 g/mol. The van der Waals surface area contributed by atoms with Gasteiger partial charge in [-0.3, -0.25) is 29.5 Å². The maximum absolute atomic E-state index is 15.2. The van der Waals surface area contributed by atoms with Crippen molar-refractivity contribution in [3.63, 3.8) is 0 Å². The standard InChI is InChI=1S/C38H37Cl2N3O7/c1-49-23-10-7-20(8-11-23)38-28(35(46)43(37(38)48)41-30-15-9-21(39)17-29(30)40)18-27-25(33(38)31-16-12-24(19-44)50-31)13-14-26-32(27)36(47)42(34(26)45)22-5-3-2-4-6-22/h7-13,15-17,22,26-28,32-33,41,44H,2-6,14,18-19H2,1H3/t26-,27+,28-,32-,33+,38+/m0/s1. The lowest BCUT2D eigenvalue weighted by atomic mass is 9.49. The number of imide groups is 2. The van der Waals surface area contributed by atoms with Gasteiger partial charge in [0.1, 0.15) is 29.3 Å². The molecule has 1 aromatic heterocycles. The van der Waals surface area contributed by atoms with Crippen LogP contribution in [0.1, 0.15) is 67.9 Å². The lowest BCUT2D eigenvalue weighted by Crippen LogP contribution is -2.53. The molecule has 0 unspecified atom stereocenters. The maximum atomic E-state index is 15.2. The number of nitrogens with zero attached hydrogens (tertiary/aromatic N) is 2. The number of halogens is 2. The number of anilines is 1. The Hall–Kier alpha value is -4.12. The van der Waals surface area contributed by atoms with E-state index in [1.807, 2.05) is 6.08 Å². The van der Waals surface area contributed by atoms with Gasteiger partial charge < -0.3 is 14.3 Å². The highest BCUT2D eigenvalue weighted by Crippen LogP contribution is 2.64. The van der Waals surface area contributed by atoms with E-state index in [1.165, 1.54) is 11.0 Å².